The Morgan fingerprint density at radius 3 is 2.37 bits per heavy atom. The van der Waals surface area contributed by atoms with Gasteiger partial charge < -0.3 is 19.5 Å². The molecule has 0 aliphatic carbocycles. The first-order valence-electron chi connectivity index (χ1n) is 11.6. The lowest BCUT2D eigenvalue weighted by molar-refractivity contribution is -0.140. The maximum Gasteiger partial charge on any atom is 0.295 e. The molecule has 0 bridgehead atoms. The number of nitrogens with zero attached hydrogens (tertiary/aromatic N) is 2. The monoisotopic (exact) mass is 470 g/mol. The quantitative estimate of drug-likeness (QED) is 0.333. The Hall–Kier alpha value is -4.13. The van der Waals surface area contributed by atoms with E-state index in [9.17, 15) is 14.7 Å². The number of carbonyl (C=O) groups excluding carboxylic acids is 2. The normalized spacial score (nSPS) is 18.8. The zero-order chi connectivity index (χ0) is 24.5. The highest BCUT2D eigenvalue weighted by Crippen LogP contribution is 2.42. The van der Waals surface area contributed by atoms with Crippen LogP contribution in [0.25, 0.3) is 5.76 Å². The first-order valence-corrected chi connectivity index (χ1v) is 11.6. The number of fused-ring (bicyclic) bond motifs is 1. The van der Waals surface area contributed by atoms with Gasteiger partial charge in [0.15, 0.2) is 11.5 Å². The predicted octanol–water partition coefficient (Wildman–Crippen LogP) is 4.60. The second-order valence-electron chi connectivity index (χ2n) is 8.96. The van der Waals surface area contributed by atoms with E-state index in [1.807, 2.05) is 24.3 Å². The van der Waals surface area contributed by atoms with E-state index in [2.05, 4.69) is 18.8 Å². The first kappa shape index (κ1) is 22.7. The molecule has 5 rings (SSSR count). The molecule has 1 fully saturated rings. The minimum atomic E-state index is -0.738. The molecular formula is C28H26N2O5. The van der Waals surface area contributed by atoms with E-state index in [0.717, 1.165) is 16.7 Å². The number of rotatable bonds is 5. The van der Waals surface area contributed by atoms with Crippen molar-refractivity contribution < 1.29 is 24.2 Å². The summed E-state index contributed by atoms with van der Waals surface area (Å²) in [4.78, 5) is 32.0. The van der Waals surface area contributed by atoms with Crippen LogP contribution in [0.2, 0.25) is 0 Å². The molecule has 1 amide bonds. The fraction of sp³-hybridized carbons (Fsp3) is 0.250. The Labute approximate surface area is 203 Å². The van der Waals surface area contributed by atoms with Gasteiger partial charge in [0.05, 0.1) is 11.6 Å². The van der Waals surface area contributed by atoms with Gasteiger partial charge in [-0.15, -0.1) is 0 Å². The number of benzene rings is 2. The standard InChI is InChI=1S/C28H26N2O5/c1-17(2)19-3-5-20(6-4-19)25-24(26(31)21-7-8-22-23(15-21)35-14-13-34-22)27(32)28(33)30(25)16-18-9-11-29-12-10-18/h3-12,15,17,25,31H,13-14,16H2,1-2H3/t25-/m0/s1. The molecule has 0 unspecified atom stereocenters. The summed E-state index contributed by atoms with van der Waals surface area (Å²) in [5.41, 5.74) is 3.18. The van der Waals surface area contributed by atoms with Gasteiger partial charge in [0.1, 0.15) is 19.0 Å². The van der Waals surface area contributed by atoms with Crippen molar-refractivity contribution in [1.82, 2.24) is 9.88 Å². The van der Waals surface area contributed by atoms with Crippen LogP contribution in [-0.2, 0) is 16.1 Å². The van der Waals surface area contributed by atoms with Gasteiger partial charge in [-0.2, -0.15) is 0 Å². The summed E-state index contributed by atoms with van der Waals surface area (Å²) in [6.45, 7) is 5.26. The van der Waals surface area contributed by atoms with Crippen LogP contribution in [0, 0.1) is 0 Å². The lowest BCUT2D eigenvalue weighted by Gasteiger charge is -2.26. The van der Waals surface area contributed by atoms with Crippen LogP contribution in [0.5, 0.6) is 11.5 Å². The zero-order valence-electron chi connectivity index (χ0n) is 19.6. The van der Waals surface area contributed by atoms with E-state index < -0.39 is 17.7 Å². The van der Waals surface area contributed by atoms with Crippen LogP contribution >= 0.6 is 0 Å². The van der Waals surface area contributed by atoms with E-state index in [4.69, 9.17) is 9.47 Å². The highest BCUT2D eigenvalue weighted by molar-refractivity contribution is 6.46. The van der Waals surface area contributed by atoms with E-state index in [-0.39, 0.29) is 17.9 Å². The smallest absolute Gasteiger partial charge is 0.295 e. The number of pyridine rings is 1. The van der Waals surface area contributed by atoms with E-state index in [1.54, 1.807) is 42.7 Å². The molecule has 2 aliphatic rings. The average molecular weight is 471 g/mol. The van der Waals surface area contributed by atoms with Crippen molar-refractivity contribution in [2.24, 2.45) is 0 Å². The van der Waals surface area contributed by atoms with Crippen molar-refractivity contribution in [2.75, 3.05) is 13.2 Å². The van der Waals surface area contributed by atoms with Crippen LogP contribution in [-0.4, -0.2) is 39.9 Å². The fourth-order valence-electron chi connectivity index (χ4n) is 4.48. The Morgan fingerprint density at radius 1 is 1.00 bits per heavy atom. The fourth-order valence-corrected chi connectivity index (χ4v) is 4.48. The lowest BCUT2D eigenvalue weighted by atomic mass is 9.93. The second-order valence-corrected chi connectivity index (χ2v) is 8.96. The first-order chi connectivity index (χ1) is 16.9. The zero-order valence-corrected chi connectivity index (χ0v) is 19.6. The number of aromatic nitrogens is 1. The van der Waals surface area contributed by atoms with Crippen molar-refractivity contribution in [2.45, 2.75) is 32.4 Å². The minimum Gasteiger partial charge on any atom is -0.507 e. The molecule has 178 valence electrons. The summed E-state index contributed by atoms with van der Waals surface area (Å²) >= 11 is 0. The van der Waals surface area contributed by atoms with Crippen LogP contribution in [0.4, 0.5) is 0 Å². The Bertz CT molecular complexity index is 1300. The number of Topliss-reactive ketones (excluding diaryl/α,β-unsaturated/α-hetero) is 1. The van der Waals surface area contributed by atoms with Gasteiger partial charge in [-0.25, -0.2) is 0 Å². The number of hydrogen-bond donors (Lipinski definition) is 1. The molecule has 2 aromatic carbocycles. The topological polar surface area (TPSA) is 89.0 Å². The predicted molar refractivity (Wildman–Crippen MR) is 130 cm³/mol. The molecule has 0 spiro atoms. The molecule has 7 heteroatoms. The highest BCUT2D eigenvalue weighted by Gasteiger charge is 2.46. The second kappa shape index (κ2) is 9.25. The van der Waals surface area contributed by atoms with E-state index in [0.29, 0.717) is 36.2 Å². The molecular weight excluding hydrogens is 444 g/mol. The molecule has 0 saturated carbocycles. The molecule has 3 aromatic rings. The van der Waals surface area contributed by atoms with Gasteiger partial charge in [0.2, 0.25) is 0 Å². The maximum atomic E-state index is 13.3. The van der Waals surface area contributed by atoms with Crippen molar-refractivity contribution in [1.29, 1.82) is 0 Å². The number of hydrogen-bond acceptors (Lipinski definition) is 6. The summed E-state index contributed by atoms with van der Waals surface area (Å²) in [5.74, 6) is -0.209. The number of carbonyl (C=O) groups is 2. The molecule has 7 nitrogen and oxygen atoms in total. The lowest BCUT2D eigenvalue weighted by Crippen LogP contribution is -2.29. The van der Waals surface area contributed by atoms with Gasteiger partial charge in [-0.05, 0) is 52.9 Å². The van der Waals surface area contributed by atoms with Gasteiger partial charge in [-0.1, -0.05) is 38.1 Å². The average Bonchev–Trinajstić information content (AvgIpc) is 3.13. The number of likely N-dealkylation sites (tertiary alicyclic amines) is 1. The molecule has 0 radical (unpaired) electrons. The van der Waals surface area contributed by atoms with Crippen LogP contribution < -0.4 is 9.47 Å². The summed E-state index contributed by atoms with van der Waals surface area (Å²) < 4.78 is 11.2. The van der Waals surface area contributed by atoms with Gasteiger partial charge in [-0.3, -0.25) is 14.6 Å². The number of amides is 1. The molecule has 1 aromatic heterocycles. The molecule has 1 atom stereocenters. The molecule has 3 heterocycles. The molecule has 1 saturated heterocycles. The maximum absolute atomic E-state index is 13.3. The van der Waals surface area contributed by atoms with Crippen LogP contribution in [0.15, 0.2) is 72.6 Å². The van der Waals surface area contributed by atoms with Crippen LogP contribution in [0.3, 0.4) is 0 Å². The van der Waals surface area contributed by atoms with Gasteiger partial charge in [0.25, 0.3) is 11.7 Å². The van der Waals surface area contributed by atoms with E-state index in [1.165, 1.54) is 4.90 Å². The van der Waals surface area contributed by atoms with Gasteiger partial charge in [0, 0.05) is 24.5 Å². The number of ether oxygens (including phenoxy) is 2. The molecule has 1 N–H and O–H groups in total. The SMILES string of the molecule is CC(C)c1ccc([C@H]2C(=C(O)c3ccc4c(c3)OCCO4)C(=O)C(=O)N2Cc2ccncc2)cc1. The van der Waals surface area contributed by atoms with E-state index >= 15 is 0 Å². The van der Waals surface area contributed by atoms with Crippen molar-refractivity contribution in [3.05, 3.63) is 94.8 Å². The van der Waals surface area contributed by atoms with Crippen molar-refractivity contribution in [3.63, 3.8) is 0 Å². The van der Waals surface area contributed by atoms with Gasteiger partial charge >= 0.3 is 0 Å². The number of aliphatic hydroxyl groups is 1. The third-order valence-electron chi connectivity index (χ3n) is 6.38. The third-order valence-corrected chi connectivity index (χ3v) is 6.38. The Kier molecular flexibility index (Phi) is 5.99. The summed E-state index contributed by atoms with van der Waals surface area (Å²) in [7, 11) is 0. The number of ketones is 1. The molecule has 2 aliphatic heterocycles. The number of aliphatic hydroxyl groups excluding tert-OH is 1. The Morgan fingerprint density at radius 2 is 1.69 bits per heavy atom. The van der Waals surface area contributed by atoms with Crippen molar-refractivity contribution in [3.8, 4) is 11.5 Å². The molecule has 35 heavy (non-hydrogen) atoms. The summed E-state index contributed by atoms with van der Waals surface area (Å²) in [6, 6.07) is 15.7. The third kappa shape index (κ3) is 4.25. The largest absolute Gasteiger partial charge is 0.507 e. The summed E-state index contributed by atoms with van der Waals surface area (Å²) in [6.07, 6.45) is 3.29. The van der Waals surface area contributed by atoms with Crippen molar-refractivity contribution >= 4 is 17.4 Å². The minimum absolute atomic E-state index is 0.0537. The Balaban J connectivity index is 1.62. The van der Waals surface area contributed by atoms with Crippen LogP contribution in [0.1, 0.15) is 48.1 Å². The summed E-state index contributed by atoms with van der Waals surface area (Å²) in [5, 5.41) is 11.3. The highest BCUT2D eigenvalue weighted by atomic mass is 16.6.